The summed E-state index contributed by atoms with van der Waals surface area (Å²) in [7, 11) is 1.68. The summed E-state index contributed by atoms with van der Waals surface area (Å²) >= 11 is 1.59. The Morgan fingerprint density at radius 1 is 1.42 bits per heavy atom. The predicted molar refractivity (Wildman–Crippen MR) is 54.9 cm³/mol. The summed E-state index contributed by atoms with van der Waals surface area (Å²) < 4.78 is 8.28. The lowest BCUT2D eigenvalue weighted by Crippen LogP contribution is -1.90. The van der Waals surface area contributed by atoms with E-state index in [1.807, 2.05) is 24.5 Å². The first-order valence-corrected chi connectivity index (χ1v) is 4.94. The number of benzene rings is 1. The molecule has 0 aromatic heterocycles. The van der Waals surface area contributed by atoms with Crippen LogP contribution in [0.15, 0.2) is 18.2 Å². The van der Waals surface area contributed by atoms with Crippen molar-refractivity contribution < 1.29 is 4.74 Å². The molecule has 0 radical (unpaired) electrons. The lowest BCUT2D eigenvalue weighted by molar-refractivity contribution is 0.414. The third-order valence-corrected chi connectivity index (χ3v) is 2.07. The number of hydrogen-bond donors (Lipinski definition) is 1. The normalized spacial score (nSPS) is 9.58. The average molecular weight is 183 g/mol. The van der Waals surface area contributed by atoms with Crippen molar-refractivity contribution in [1.82, 2.24) is 0 Å². The highest BCUT2D eigenvalue weighted by Gasteiger charge is 1.97. The van der Waals surface area contributed by atoms with E-state index < -0.39 is 0 Å². The molecule has 0 atom stereocenters. The van der Waals surface area contributed by atoms with Crippen LogP contribution in [0.25, 0.3) is 0 Å². The Balaban J connectivity index is 2.87. The van der Waals surface area contributed by atoms with Crippen LogP contribution in [-0.2, 0) is 0 Å². The molecule has 2 nitrogen and oxygen atoms in total. The van der Waals surface area contributed by atoms with Gasteiger partial charge < -0.3 is 9.46 Å². The van der Waals surface area contributed by atoms with Gasteiger partial charge >= 0.3 is 0 Å². The number of nitrogens with one attached hydrogen (secondary N) is 1. The van der Waals surface area contributed by atoms with E-state index in [2.05, 4.69) is 11.6 Å². The minimum absolute atomic E-state index is 0.902. The highest BCUT2D eigenvalue weighted by atomic mass is 32.2. The van der Waals surface area contributed by atoms with Crippen LogP contribution in [-0.4, -0.2) is 13.4 Å². The van der Waals surface area contributed by atoms with Crippen molar-refractivity contribution in [1.29, 1.82) is 0 Å². The number of hydrogen-bond acceptors (Lipinski definition) is 3. The fourth-order valence-corrected chi connectivity index (χ4v) is 1.44. The van der Waals surface area contributed by atoms with Crippen LogP contribution in [0.4, 0.5) is 5.69 Å². The fourth-order valence-electron chi connectivity index (χ4n) is 0.988. The van der Waals surface area contributed by atoms with Crippen LogP contribution in [0.1, 0.15) is 5.56 Å². The minimum atomic E-state index is 0.902. The van der Waals surface area contributed by atoms with E-state index in [4.69, 9.17) is 4.74 Å². The quantitative estimate of drug-likeness (QED) is 0.728. The third-order valence-electron chi connectivity index (χ3n) is 1.65. The highest BCUT2D eigenvalue weighted by Crippen LogP contribution is 2.22. The Hall–Kier alpha value is -0.830. The number of aryl methyl sites for hydroxylation is 1. The van der Waals surface area contributed by atoms with Crippen molar-refractivity contribution >= 4 is 17.6 Å². The number of ether oxygens (including phenoxy) is 1. The zero-order valence-electron chi connectivity index (χ0n) is 7.55. The molecule has 0 bridgehead atoms. The van der Waals surface area contributed by atoms with Gasteiger partial charge in [-0.25, -0.2) is 0 Å². The van der Waals surface area contributed by atoms with Gasteiger partial charge in [-0.05, 0) is 30.7 Å². The summed E-state index contributed by atoms with van der Waals surface area (Å²) in [5.74, 6) is 0.902. The Morgan fingerprint density at radius 3 is 2.67 bits per heavy atom. The van der Waals surface area contributed by atoms with Gasteiger partial charge in [-0.15, -0.1) is 0 Å². The van der Waals surface area contributed by atoms with Crippen molar-refractivity contribution in [3.05, 3.63) is 23.8 Å². The third kappa shape index (κ3) is 2.08. The Labute approximate surface area is 77.4 Å². The number of rotatable bonds is 3. The molecule has 0 saturated carbocycles. The summed E-state index contributed by atoms with van der Waals surface area (Å²) in [6.07, 6.45) is 2.00. The van der Waals surface area contributed by atoms with Crippen LogP contribution in [0.2, 0.25) is 0 Å². The maximum absolute atomic E-state index is 5.09. The van der Waals surface area contributed by atoms with Crippen LogP contribution < -0.4 is 9.46 Å². The van der Waals surface area contributed by atoms with Crippen molar-refractivity contribution in [3.63, 3.8) is 0 Å². The molecule has 1 N–H and O–H groups in total. The fraction of sp³-hybridized carbons (Fsp3) is 0.333. The molecule has 0 heterocycles. The average Bonchev–Trinajstić information content (AvgIpc) is 2.09. The molecule has 0 fully saturated rings. The molecular formula is C9H13NOS. The largest absolute Gasteiger partial charge is 0.497 e. The molecule has 3 heteroatoms. The van der Waals surface area contributed by atoms with Gasteiger partial charge in [0.2, 0.25) is 0 Å². The van der Waals surface area contributed by atoms with Crippen molar-refractivity contribution in [3.8, 4) is 5.75 Å². The molecule has 66 valence electrons. The molecule has 0 unspecified atom stereocenters. The van der Waals surface area contributed by atoms with Crippen LogP contribution in [0.5, 0.6) is 5.75 Å². The van der Waals surface area contributed by atoms with Gasteiger partial charge in [0.1, 0.15) is 5.75 Å². The maximum Gasteiger partial charge on any atom is 0.119 e. The summed E-state index contributed by atoms with van der Waals surface area (Å²) in [4.78, 5) is 0. The molecular weight excluding hydrogens is 170 g/mol. The van der Waals surface area contributed by atoms with E-state index in [-0.39, 0.29) is 0 Å². The molecule has 1 rings (SSSR count). The molecule has 0 aliphatic carbocycles. The van der Waals surface area contributed by atoms with Gasteiger partial charge in [-0.1, -0.05) is 11.9 Å². The SMILES string of the molecule is COc1ccc(NSC)c(C)c1. The van der Waals surface area contributed by atoms with E-state index in [0.29, 0.717) is 0 Å². The number of methoxy groups -OCH3 is 1. The van der Waals surface area contributed by atoms with Crippen molar-refractivity contribution in [2.75, 3.05) is 18.1 Å². The first-order valence-electron chi connectivity index (χ1n) is 3.71. The second-order valence-corrected chi connectivity index (χ2v) is 3.10. The van der Waals surface area contributed by atoms with Gasteiger partial charge in [0.25, 0.3) is 0 Å². The second kappa shape index (κ2) is 4.26. The summed E-state index contributed by atoms with van der Waals surface area (Å²) in [5.41, 5.74) is 2.34. The van der Waals surface area contributed by atoms with E-state index in [1.165, 1.54) is 5.56 Å². The zero-order chi connectivity index (χ0) is 8.97. The molecule has 1 aromatic carbocycles. The van der Waals surface area contributed by atoms with Crippen LogP contribution in [0.3, 0.4) is 0 Å². The summed E-state index contributed by atoms with van der Waals surface area (Å²) in [5, 5.41) is 0. The first-order chi connectivity index (χ1) is 5.77. The molecule has 0 amide bonds. The Kier molecular flexibility index (Phi) is 3.29. The lowest BCUT2D eigenvalue weighted by atomic mass is 10.2. The van der Waals surface area contributed by atoms with E-state index in [9.17, 15) is 0 Å². The minimum Gasteiger partial charge on any atom is -0.497 e. The van der Waals surface area contributed by atoms with Gasteiger partial charge in [-0.3, -0.25) is 0 Å². The van der Waals surface area contributed by atoms with E-state index in [1.54, 1.807) is 19.1 Å². The van der Waals surface area contributed by atoms with Gasteiger partial charge in [-0.2, -0.15) is 0 Å². The standard InChI is InChI=1S/C9H13NOS/c1-7-6-8(11-2)4-5-9(7)10-12-3/h4-6,10H,1-3H3. The molecule has 12 heavy (non-hydrogen) atoms. The lowest BCUT2D eigenvalue weighted by Gasteiger charge is -2.07. The molecule has 0 aliphatic rings. The molecule has 0 aliphatic heterocycles. The van der Waals surface area contributed by atoms with Crippen LogP contribution >= 0.6 is 11.9 Å². The second-order valence-electron chi connectivity index (χ2n) is 2.49. The van der Waals surface area contributed by atoms with Gasteiger partial charge in [0, 0.05) is 11.9 Å². The van der Waals surface area contributed by atoms with E-state index >= 15 is 0 Å². The number of anilines is 1. The summed E-state index contributed by atoms with van der Waals surface area (Å²) in [6, 6.07) is 5.98. The zero-order valence-corrected chi connectivity index (χ0v) is 8.37. The van der Waals surface area contributed by atoms with Gasteiger partial charge in [0.15, 0.2) is 0 Å². The maximum atomic E-state index is 5.09. The summed E-state index contributed by atoms with van der Waals surface area (Å²) in [6.45, 7) is 2.06. The smallest absolute Gasteiger partial charge is 0.119 e. The van der Waals surface area contributed by atoms with E-state index in [0.717, 1.165) is 11.4 Å². The topological polar surface area (TPSA) is 21.3 Å². The van der Waals surface area contributed by atoms with Crippen molar-refractivity contribution in [2.45, 2.75) is 6.92 Å². The predicted octanol–water partition coefficient (Wildman–Crippen LogP) is 2.69. The molecule has 0 saturated heterocycles. The highest BCUT2D eigenvalue weighted by molar-refractivity contribution is 7.99. The molecule has 0 spiro atoms. The first kappa shape index (κ1) is 9.26. The van der Waals surface area contributed by atoms with Gasteiger partial charge in [0.05, 0.1) is 7.11 Å². The molecule has 1 aromatic rings. The Bertz CT molecular complexity index is 263. The Morgan fingerprint density at radius 2 is 2.17 bits per heavy atom. The van der Waals surface area contributed by atoms with Crippen LogP contribution in [0, 0.1) is 6.92 Å². The van der Waals surface area contributed by atoms with Crippen molar-refractivity contribution in [2.24, 2.45) is 0 Å². The monoisotopic (exact) mass is 183 g/mol.